The molecule has 0 atom stereocenters. The van der Waals surface area contributed by atoms with Crippen molar-refractivity contribution in [2.75, 3.05) is 12.4 Å². The van der Waals surface area contributed by atoms with Gasteiger partial charge in [-0.15, -0.1) is 0 Å². The van der Waals surface area contributed by atoms with Gasteiger partial charge in [-0.05, 0) is 42.8 Å². The fourth-order valence-electron chi connectivity index (χ4n) is 3.84. The van der Waals surface area contributed by atoms with Crippen LogP contribution in [0, 0.1) is 6.92 Å². The number of nitrogens with zero attached hydrogens (tertiary/aromatic N) is 5. The Bertz CT molecular complexity index is 1420. The maximum Gasteiger partial charge on any atom is 0.246 e. The lowest BCUT2D eigenvalue weighted by molar-refractivity contribution is -0.116. The molecule has 0 saturated heterocycles. The summed E-state index contributed by atoms with van der Waals surface area (Å²) in [6.45, 7) is 2.49. The van der Waals surface area contributed by atoms with Gasteiger partial charge in [-0.3, -0.25) is 9.48 Å². The number of aromatic nitrogens is 5. The highest BCUT2D eigenvalue weighted by Crippen LogP contribution is 2.30. The van der Waals surface area contributed by atoms with Crippen molar-refractivity contribution in [1.82, 2.24) is 24.5 Å². The number of furan rings is 1. The van der Waals surface area contributed by atoms with E-state index in [0.29, 0.717) is 17.9 Å². The van der Waals surface area contributed by atoms with Gasteiger partial charge >= 0.3 is 0 Å². The second-order valence-electron chi connectivity index (χ2n) is 7.60. The van der Waals surface area contributed by atoms with Gasteiger partial charge in [-0.25, -0.2) is 9.67 Å². The minimum atomic E-state index is -0.217. The summed E-state index contributed by atoms with van der Waals surface area (Å²) in [4.78, 5) is 17.2. The Labute approximate surface area is 189 Å². The number of pyridine rings is 1. The van der Waals surface area contributed by atoms with Crippen molar-refractivity contribution in [2.45, 2.75) is 20.0 Å². The Morgan fingerprint density at radius 1 is 1.21 bits per heavy atom. The highest BCUT2D eigenvalue weighted by atomic mass is 16.5. The molecule has 0 saturated carbocycles. The number of carbonyl (C=O) groups excluding carboxylic acids is 1. The van der Waals surface area contributed by atoms with Crippen LogP contribution in [0.25, 0.3) is 22.4 Å². The van der Waals surface area contributed by atoms with Crippen molar-refractivity contribution in [3.63, 3.8) is 0 Å². The average Bonchev–Trinajstić information content (AvgIpc) is 3.56. The lowest BCUT2D eigenvalue weighted by Gasteiger charge is -2.05. The largest absolute Gasteiger partial charge is 0.497 e. The standard InChI is InChI=1S/C24H22N6O3/c1-16-23-20(21-7-4-10-33-21)8-9-25-24(23)30(28-16)15-22(31)27-18-12-26-29(14-18)13-17-5-3-6-19(11-17)32-2/h3-12,14H,13,15H2,1-2H3,(H,27,31). The van der Waals surface area contributed by atoms with Gasteiger partial charge in [-0.1, -0.05) is 12.1 Å². The van der Waals surface area contributed by atoms with Crippen molar-refractivity contribution in [2.24, 2.45) is 0 Å². The van der Waals surface area contributed by atoms with E-state index in [2.05, 4.69) is 20.5 Å². The number of aryl methyl sites for hydroxylation is 1. The van der Waals surface area contributed by atoms with Gasteiger partial charge in [0.15, 0.2) is 5.65 Å². The Hall–Kier alpha value is -4.40. The first-order valence-electron chi connectivity index (χ1n) is 10.4. The van der Waals surface area contributed by atoms with Crippen LogP contribution in [0.2, 0.25) is 0 Å². The molecule has 0 unspecified atom stereocenters. The van der Waals surface area contributed by atoms with Crippen LogP contribution < -0.4 is 10.1 Å². The molecular formula is C24H22N6O3. The Morgan fingerprint density at radius 3 is 2.94 bits per heavy atom. The fourth-order valence-corrected chi connectivity index (χ4v) is 3.84. The molecule has 1 amide bonds. The van der Waals surface area contributed by atoms with Gasteiger partial charge in [0, 0.05) is 18.0 Å². The third-order valence-corrected chi connectivity index (χ3v) is 5.28. The number of ether oxygens (including phenoxy) is 1. The molecular weight excluding hydrogens is 420 g/mol. The highest BCUT2D eigenvalue weighted by Gasteiger charge is 2.17. The second kappa shape index (κ2) is 8.62. The third-order valence-electron chi connectivity index (χ3n) is 5.28. The summed E-state index contributed by atoms with van der Waals surface area (Å²) in [7, 11) is 1.64. The van der Waals surface area contributed by atoms with Gasteiger partial charge in [0.1, 0.15) is 18.1 Å². The molecule has 1 aromatic carbocycles. The summed E-state index contributed by atoms with van der Waals surface area (Å²) in [5, 5.41) is 12.6. The molecule has 166 valence electrons. The van der Waals surface area contributed by atoms with E-state index in [4.69, 9.17) is 9.15 Å². The quantitative estimate of drug-likeness (QED) is 0.410. The van der Waals surface area contributed by atoms with E-state index in [-0.39, 0.29) is 12.5 Å². The molecule has 0 fully saturated rings. The smallest absolute Gasteiger partial charge is 0.246 e. The first-order chi connectivity index (χ1) is 16.1. The van der Waals surface area contributed by atoms with Crippen LogP contribution in [0.3, 0.4) is 0 Å². The van der Waals surface area contributed by atoms with E-state index in [1.54, 1.807) is 41.3 Å². The van der Waals surface area contributed by atoms with Crippen LogP contribution in [-0.4, -0.2) is 37.6 Å². The molecule has 4 heterocycles. The summed E-state index contributed by atoms with van der Waals surface area (Å²) in [6.07, 6.45) is 6.73. The molecule has 9 nitrogen and oxygen atoms in total. The molecule has 4 aromatic heterocycles. The molecule has 33 heavy (non-hydrogen) atoms. The van der Waals surface area contributed by atoms with Crippen molar-refractivity contribution in [3.05, 3.63) is 78.6 Å². The predicted octanol–water partition coefficient (Wildman–Crippen LogP) is 3.89. The third kappa shape index (κ3) is 4.20. The minimum Gasteiger partial charge on any atom is -0.497 e. The summed E-state index contributed by atoms with van der Waals surface area (Å²) in [5.41, 5.74) is 3.97. The molecule has 0 spiro atoms. The normalized spacial score (nSPS) is 11.1. The molecule has 5 aromatic rings. The van der Waals surface area contributed by atoms with E-state index >= 15 is 0 Å². The first-order valence-corrected chi connectivity index (χ1v) is 10.4. The summed E-state index contributed by atoms with van der Waals surface area (Å²) >= 11 is 0. The number of nitrogens with one attached hydrogen (secondary N) is 1. The lowest BCUT2D eigenvalue weighted by atomic mass is 10.1. The number of hydrogen-bond donors (Lipinski definition) is 1. The first kappa shape index (κ1) is 20.5. The Balaban J connectivity index is 1.30. The van der Waals surface area contributed by atoms with E-state index in [0.717, 1.165) is 33.7 Å². The number of benzene rings is 1. The molecule has 0 aliphatic heterocycles. The highest BCUT2D eigenvalue weighted by molar-refractivity contribution is 5.95. The summed E-state index contributed by atoms with van der Waals surface area (Å²) in [6, 6.07) is 13.4. The van der Waals surface area contributed by atoms with Gasteiger partial charge < -0.3 is 14.5 Å². The maximum atomic E-state index is 12.7. The van der Waals surface area contributed by atoms with Crippen molar-refractivity contribution in [3.8, 4) is 17.1 Å². The van der Waals surface area contributed by atoms with Crippen molar-refractivity contribution in [1.29, 1.82) is 0 Å². The summed E-state index contributed by atoms with van der Waals surface area (Å²) in [5.74, 6) is 1.31. The van der Waals surface area contributed by atoms with Gasteiger partial charge in [0.05, 0.1) is 42.9 Å². The van der Waals surface area contributed by atoms with Crippen LogP contribution in [0.1, 0.15) is 11.3 Å². The summed E-state index contributed by atoms with van der Waals surface area (Å²) < 4.78 is 14.2. The number of hydrogen-bond acceptors (Lipinski definition) is 6. The van der Waals surface area contributed by atoms with Gasteiger partial charge in [0.25, 0.3) is 0 Å². The van der Waals surface area contributed by atoms with Crippen LogP contribution in [0.5, 0.6) is 5.75 Å². The van der Waals surface area contributed by atoms with Crippen LogP contribution in [0.4, 0.5) is 5.69 Å². The predicted molar refractivity (Wildman–Crippen MR) is 123 cm³/mol. The number of anilines is 1. The number of carbonyl (C=O) groups is 1. The lowest BCUT2D eigenvalue weighted by Crippen LogP contribution is -2.19. The zero-order valence-electron chi connectivity index (χ0n) is 18.2. The number of amides is 1. The number of fused-ring (bicyclic) bond motifs is 1. The molecule has 0 radical (unpaired) electrons. The van der Waals surface area contributed by atoms with Crippen molar-refractivity contribution < 1.29 is 13.9 Å². The van der Waals surface area contributed by atoms with Crippen molar-refractivity contribution >= 4 is 22.6 Å². The van der Waals surface area contributed by atoms with E-state index in [9.17, 15) is 4.79 Å². The molecule has 5 rings (SSSR count). The molecule has 1 N–H and O–H groups in total. The van der Waals surface area contributed by atoms with E-state index in [1.807, 2.05) is 49.4 Å². The van der Waals surface area contributed by atoms with Crippen LogP contribution in [0.15, 0.2) is 71.7 Å². The Kier molecular flexibility index (Phi) is 5.35. The molecule has 9 heteroatoms. The maximum absolute atomic E-state index is 12.7. The molecule has 0 aliphatic rings. The van der Waals surface area contributed by atoms with Crippen LogP contribution >= 0.6 is 0 Å². The zero-order chi connectivity index (χ0) is 22.8. The fraction of sp³-hybridized carbons (Fsp3) is 0.167. The zero-order valence-corrected chi connectivity index (χ0v) is 18.2. The number of methoxy groups -OCH3 is 1. The second-order valence-corrected chi connectivity index (χ2v) is 7.60. The topological polar surface area (TPSA) is 100 Å². The molecule has 0 aliphatic carbocycles. The Morgan fingerprint density at radius 2 is 2.12 bits per heavy atom. The number of rotatable bonds is 7. The monoisotopic (exact) mass is 442 g/mol. The van der Waals surface area contributed by atoms with Gasteiger partial charge in [0.2, 0.25) is 5.91 Å². The molecule has 0 bridgehead atoms. The van der Waals surface area contributed by atoms with E-state index in [1.165, 1.54) is 0 Å². The van der Waals surface area contributed by atoms with Crippen LogP contribution in [-0.2, 0) is 17.9 Å². The minimum absolute atomic E-state index is 0.0278. The SMILES string of the molecule is COc1cccc(Cn2cc(NC(=O)Cn3nc(C)c4c(-c5ccco5)ccnc43)cn2)c1. The van der Waals surface area contributed by atoms with E-state index < -0.39 is 0 Å². The van der Waals surface area contributed by atoms with Gasteiger partial charge in [-0.2, -0.15) is 10.2 Å². The average molecular weight is 442 g/mol.